The average Bonchev–Trinajstić information content (AvgIpc) is 2.98. The van der Waals surface area contributed by atoms with Crippen LogP contribution in [0.2, 0.25) is 0 Å². The number of hydrogen-bond donors (Lipinski definition) is 2. The normalized spacial score (nSPS) is 15.8. The second-order valence-electron chi connectivity index (χ2n) is 6.66. The van der Waals surface area contributed by atoms with Crippen LogP contribution in [0.15, 0.2) is 23.1 Å². The van der Waals surface area contributed by atoms with Crippen molar-refractivity contribution in [2.45, 2.75) is 63.8 Å². The molecule has 0 aromatic heterocycles. The summed E-state index contributed by atoms with van der Waals surface area (Å²) in [6, 6.07) is 5.56. The minimum atomic E-state index is -3.40. The molecule has 1 atom stereocenters. The van der Waals surface area contributed by atoms with Crippen LogP contribution in [0, 0.1) is 0 Å². The van der Waals surface area contributed by atoms with Gasteiger partial charge in [0.1, 0.15) is 0 Å². The first kappa shape index (κ1) is 18.4. The molecular weight excluding hydrogens is 308 g/mol. The van der Waals surface area contributed by atoms with Crippen LogP contribution >= 0.6 is 0 Å². The highest BCUT2D eigenvalue weighted by atomic mass is 32.2. The molecule has 1 aliphatic rings. The van der Waals surface area contributed by atoms with E-state index in [9.17, 15) is 8.42 Å². The van der Waals surface area contributed by atoms with Crippen LogP contribution in [0.3, 0.4) is 0 Å². The molecule has 0 unspecified atom stereocenters. The number of aryl methyl sites for hydroxylation is 2. The van der Waals surface area contributed by atoms with Crippen LogP contribution in [0.4, 0.5) is 0 Å². The quantitative estimate of drug-likeness (QED) is 0.717. The molecule has 0 saturated carbocycles. The van der Waals surface area contributed by atoms with E-state index in [0.29, 0.717) is 4.90 Å². The molecule has 0 amide bonds. The summed E-state index contributed by atoms with van der Waals surface area (Å²) in [4.78, 5) is 1.98. The molecule has 1 aliphatic carbocycles. The van der Waals surface area contributed by atoms with Gasteiger partial charge in [-0.3, -0.25) is 0 Å². The number of rotatable bonds is 9. The van der Waals surface area contributed by atoms with E-state index >= 15 is 0 Å². The fourth-order valence-electron chi connectivity index (χ4n) is 3.37. The van der Waals surface area contributed by atoms with Gasteiger partial charge >= 0.3 is 0 Å². The van der Waals surface area contributed by atoms with Crippen LogP contribution in [0.1, 0.15) is 51.2 Å². The van der Waals surface area contributed by atoms with E-state index in [1.165, 1.54) is 11.1 Å². The van der Waals surface area contributed by atoms with Gasteiger partial charge in [0.05, 0.1) is 24.5 Å². The maximum atomic E-state index is 12.5. The summed E-state index contributed by atoms with van der Waals surface area (Å²) < 4.78 is 27.9. The van der Waals surface area contributed by atoms with Gasteiger partial charge in [-0.25, -0.2) is 13.1 Å². The van der Waals surface area contributed by atoms with E-state index in [-0.39, 0.29) is 6.04 Å². The molecule has 0 aliphatic heterocycles. The molecule has 5 heteroatoms. The number of quaternary nitrogens is 1. The van der Waals surface area contributed by atoms with Gasteiger partial charge in [0.2, 0.25) is 10.0 Å². The topological polar surface area (TPSA) is 50.6 Å². The summed E-state index contributed by atoms with van der Waals surface area (Å²) in [5, 5.41) is 0. The van der Waals surface area contributed by atoms with Crippen molar-refractivity contribution in [2.24, 2.45) is 0 Å². The van der Waals surface area contributed by atoms with E-state index in [2.05, 4.69) is 18.6 Å². The third kappa shape index (κ3) is 5.03. The third-order valence-corrected chi connectivity index (χ3v) is 6.49. The molecule has 2 rings (SSSR count). The summed E-state index contributed by atoms with van der Waals surface area (Å²) in [6.07, 6.45) is 5.14. The van der Waals surface area contributed by atoms with Crippen molar-refractivity contribution in [3.63, 3.8) is 0 Å². The lowest BCUT2D eigenvalue weighted by molar-refractivity contribution is -0.896. The first-order chi connectivity index (χ1) is 11.0. The molecule has 1 aromatic rings. The van der Waals surface area contributed by atoms with Crippen molar-refractivity contribution < 1.29 is 13.3 Å². The van der Waals surface area contributed by atoms with Crippen molar-refractivity contribution in [3.8, 4) is 0 Å². The van der Waals surface area contributed by atoms with Gasteiger partial charge < -0.3 is 4.90 Å². The second-order valence-corrected chi connectivity index (χ2v) is 8.37. The Morgan fingerprint density at radius 1 is 1.17 bits per heavy atom. The molecule has 0 heterocycles. The van der Waals surface area contributed by atoms with Crippen LogP contribution < -0.4 is 9.62 Å². The fraction of sp³-hybridized carbons (Fsp3) is 0.667. The lowest BCUT2D eigenvalue weighted by Crippen LogP contribution is -3.11. The summed E-state index contributed by atoms with van der Waals surface area (Å²) in [7, 11) is -3.40. The third-order valence-electron chi connectivity index (χ3n) is 4.90. The molecule has 23 heavy (non-hydrogen) atoms. The van der Waals surface area contributed by atoms with E-state index in [1.807, 2.05) is 19.1 Å². The molecule has 0 radical (unpaired) electrons. The van der Waals surface area contributed by atoms with Crippen molar-refractivity contribution in [2.75, 3.05) is 19.6 Å². The molecule has 0 bridgehead atoms. The SMILES string of the molecule is CC[NH+](CC)CCC[C@H](C)NS(=O)(=O)c1ccc2c(c1)CCC2. The lowest BCUT2D eigenvalue weighted by Gasteiger charge is -2.18. The average molecular weight is 340 g/mol. The first-order valence-corrected chi connectivity index (χ1v) is 10.4. The Hall–Kier alpha value is -0.910. The number of benzene rings is 1. The number of sulfonamides is 1. The molecule has 130 valence electrons. The number of fused-ring (bicyclic) bond motifs is 1. The zero-order chi connectivity index (χ0) is 16.9. The standard InChI is InChI=1S/C18H30N2O2S/c1-4-20(5-2)13-7-8-15(3)19-23(21,22)18-12-11-16-9-6-10-17(16)14-18/h11-12,14-15,19H,4-10,13H2,1-3H3/p+1/t15-/m0/s1. The molecule has 0 saturated heterocycles. The van der Waals surface area contributed by atoms with Gasteiger partial charge in [-0.15, -0.1) is 0 Å². The minimum absolute atomic E-state index is 0.0248. The van der Waals surface area contributed by atoms with Crippen LogP contribution in [0.5, 0.6) is 0 Å². The highest BCUT2D eigenvalue weighted by Gasteiger charge is 2.20. The Labute approximate surface area is 141 Å². The van der Waals surface area contributed by atoms with Gasteiger partial charge in [-0.2, -0.15) is 0 Å². The summed E-state index contributed by atoms with van der Waals surface area (Å²) in [6.45, 7) is 9.72. The van der Waals surface area contributed by atoms with E-state index in [0.717, 1.165) is 51.7 Å². The van der Waals surface area contributed by atoms with Crippen molar-refractivity contribution in [3.05, 3.63) is 29.3 Å². The molecule has 2 N–H and O–H groups in total. The molecule has 0 fully saturated rings. The predicted molar refractivity (Wildman–Crippen MR) is 94.4 cm³/mol. The van der Waals surface area contributed by atoms with Crippen LogP contribution in [-0.2, 0) is 22.9 Å². The minimum Gasteiger partial charge on any atom is -0.335 e. The lowest BCUT2D eigenvalue weighted by atomic mass is 10.1. The van der Waals surface area contributed by atoms with Gasteiger partial charge in [-0.1, -0.05) is 6.07 Å². The zero-order valence-electron chi connectivity index (χ0n) is 14.7. The van der Waals surface area contributed by atoms with Gasteiger partial charge in [0, 0.05) is 6.04 Å². The van der Waals surface area contributed by atoms with Crippen LogP contribution in [0.25, 0.3) is 0 Å². The highest BCUT2D eigenvalue weighted by molar-refractivity contribution is 7.89. The zero-order valence-corrected chi connectivity index (χ0v) is 15.5. The Balaban J connectivity index is 1.90. The maximum Gasteiger partial charge on any atom is 0.240 e. The molecule has 4 nitrogen and oxygen atoms in total. The Kier molecular flexibility index (Phi) is 6.62. The van der Waals surface area contributed by atoms with E-state index in [4.69, 9.17) is 0 Å². The molecular formula is C18H31N2O2S+. The Morgan fingerprint density at radius 2 is 1.87 bits per heavy atom. The number of hydrogen-bond acceptors (Lipinski definition) is 2. The maximum absolute atomic E-state index is 12.5. The Morgan fingerprint density at radius 3 is 2.57 bits per heavy atom. The summed E-state index contributed by atoms with van der Waals surface area (Å²) in [5.41, 5.74) is 2.50. The molecule has 1 aromatic carbocycles. The predicted octanol–water partition coefficient (Wildman–Crippen LogP) is 1.55. The second kappa shape index (κ2) is 8.27. The van der Waals surface area contributed by atoms with Crippen molar-refractivity contribution >= 4 is 10.0 Å². The monoisotopic (exact) mass is 339 g/mol. The highest BCUT2D eigenvalue weighted by Crippen LogP contribution is 2.24. The van der Waals surface area contributed by atoms with E-state index < -0.39 is 10.0 Å². The smallest absolute Gasteiger partial charge is 0.240 e. The molecule has 0 spiro atoms. The van der Waals surface area contributed by atoms with Gasteiger partial charge in [-0.05, 0) is 76.1 Å². The summed E-state index contributed by atoms with van der Waals surface area (Å²) >= 11 is 0. The summed E-state index contributed by atoms with van der Waals surface area (Å²) in [5.74, 6) is 0. The fourth-order valence-corrected chi connectivity index (χ4v) is 4.70. The van der Waals surface area contributed by atoms with Gasteiger partial charge in [0.25, 0.3) is 0 Å². The Bertz CT molecular complexity index is 609. The largest absolute Gasteiger partial charge is 0.335 e. The first-order valence-electron chi connectivity index (χ1n) is 8.94. The van der Waals surface area contributed by atoms with Crippen LogP contribution in [-0.4, -0.2) is 34.1 Å². The van der Waals surface area contributed by atoms with E-state index in [1.54, 1.807) is 11.0 Å². The van der Waals surface area contributed by atoms with Crippen molar-refractivity contribution in [1.82, 2.24) is 4.72 Å². The van der Waals surface area contributed by atoms with Crippen molar-refractivity contribution in [1.29, 1.82) is 0 Å². The number of nitrogens with one attached hydrogen (secondary N) is 2. The van der Waals surface area contributed by atoms with Gasteiger partial charge in [0.15, 0.2) is 0 Å².